The van der Waals surface area contributed by atoms with Gasteiger partial charge in [0.15, 0.2) is 5.75 Å². The van der Waals surface area contributed by atoms with Gasteiger partial charge in [-0.15, -0.1) is 5.11 Å². The molecular formula is C26H21Cl2N3O6S. The highest BCUT2D eigenvalue weighted by molar-refractivity contribution is 7.86. The molecule has 0 aromatic heterocycles. The molecule has 0 radical (unpaired) electrons. The van der Waals surface area contributed by atoms with Crippen molar-refractivity contribution in [1.82, 2.24) is 0 Å². The highest BCUT2D eigenvalue weighted by atomic mass is 35.5. The summed E-state index contributed by atoms with van der Waals surface area (Å²) in [5, 5.41) is 23.3. The van der Waals surface area contributed by atoms with E-state index < -0.39 is 26.7 Å². The van der Waals surface area contributed by atoms with Gasteiger partial charge in [-0.3, -0.25) is 9.35 Å². The third-order valence-electron chi connectivity index (χ3n) is 5.72. The topological polar surface area (TPSA) is 138 Å². The first-order valence-electron chi connectivity index (χ1n) is 11.1. The van der Waals surface area contributed by atoms with Gasteiger partial charge in [0.05, 0.1) is 34.1 Å². The number of fused-ring (bicyclic) bond motifs is 1. The molecule has 0 atom stereocenters. The van der Waals surface area contributed by atoms with Gasteiger partial charge < -0.3 is 15.2 Å². The normalized spacial score (nSPS) is 11.7. The summed E-state index contributed by atoms with van der Waals surface area (Å²) in [7, 11) is -3.14. The van der Waals surface area contributed by atoms with Crippen LogP contribution in [-0.4, -0.2) is 31.1 Å². The Labute approximate surface area is 228 Å². The second-order valence-corrected chi connectivity index (χ2v) is 10.2. The van der Waals surface area contributed by atoms with E-state index in [1.54, 1.807) is 43.3 Å². The van der Waals surface area contributed by atoms with Crippen LogP contribution >= 0.6 is 23.2 Å². The van der Waals surface area contributed by atoms with Gasteiger partial charge in [-0.25, -0.2) is 0 Å². The van der Waals surface area contributed by atoms with Gasteiger partial charge in [0, 0.05) is 17.0 Å². The molecule has 9 nitrogen and oxygen atoms in total. The van der Waals surface area contributed by atoms with E-state index in [9.17, 15) is 22.9 Å². The zero-order chi connectivity index (χ0) is 27.6. The van der Waals surface area contributed by atoms with Crippen LogP contribution in [-0.2, 0) is 16.5 Å². The highest BCUT2D eigenvalue weighted by Gasteiger charge is 2.23. The maximum Gasteiger partial charge on any atom is 0.296 e. The van der Waals surface area contributed by atoms with Crippen molar-refractivity contribution in [3.8, 4) is 11.5 Å². The van der Waals surface area contributed by atoms with Crippen molar-refractivity contribution in [2.45, 2.75) is 18.2 Å². The van der Waals surface area contributed by atoms with Crippen molar-refractivity contribution in [3.63, 3.8) is 0 Å². The Kier molecular flexibility index (Phi) is 7.89. The van der Waals surface area contributed by atoms with Crippen LogP contribution in [0.2, 0.25) is 10.0 Å². The van der Waals surface area contributed by atoms with Crippen molar-refractivity contribution < 1.29 is 27.6 Å². The van der Waals surface area contributed by atoms with E-state index in [2.05, 4.69) is 15.5 Å². The van der Waals surface area contributed by atoms with Crippen LogP contribution < -0.4 is 10.1 Å². The first-order chi connectivity index (χ1) is 18.0. The van der Waals surface area contributed by atoms with Crippen LogP contribution in [0.25, 0.3) is 10.8 Å². The number of ether oxygens (including phenoxy) is 1. The molecule has 4 rings (SSSR count). The number of nitrogens with one attached hydrogen (secondary N) is 1. The lowest BCUT2D eigenvalue weighted by Crippen LogP contribution is -2.12. The zero-order valence-electron chi connectivity index (χ0n) is 20.1. The second kappa shape index (κ2) is 11.0. The number of benzene rings is 4. The number of aromatic hydroxyl groups is 1. The maximum atomic E-state index is 13.2. The molecule has 3 N–H and O–H groups in total. The average molecular weight is 574 g/mol. The largest absolute Gasteiger partial charge is 0.505 e. The molecule has 0 saturated heterocycles. The van der Waals surface area contributed by atoms with Gasteiger partial charge in [-0.05, 0) is 42.1 Å². The molecular weight excluding hydrogens is 553 g/mol. The fourth-order valence-electron chi connectivity index (χ4n) is 3.91. The number of azo groups is 1. The van der Waals surface area contributed by atoms with Crippen LogP contribution in [0, 0.1) is 0 Å². The SMILES string of the molecule is CCc1c(N=Nc2c(O)c(C(=O)Nc3ccc(OC)cc3Cl)cc3ccccc23)ccc(Cl)c1S(=O)(=O)O. The fourth-order valence-corrected chi connectivity index (χ4v) is 5.47. The van der Waals surface area contributed by atoms with Crippen LogP contribution in [0.1, 0.15) is 22.8 Å². The van der Waals surface area contributed by atoms with E-state index in [1.807, 2.05) is 0 Å². The summed E-state index contributed by atoms with van der Waals surface area (Å²) in [6, 6.07) is 15.9. The summed E-state index contributed by atoms with van der Waals surface area (Å²) in [5.41, 5.74) is 0.470. The number of methoxy groups -OCH3 is 1. The van der Waals surface area contributed by atoms with Gasteiger partial charge in [0.25, 0.3) is 16.0 Å². The minimum atomic E-state index is -4.63. The highest BCUT2D eigenvalue weighted by Crippen LogP contribution is 2.41. The van der Waals surface area contributed by atoms with Crippen molar-refractivity contribution in [1.29, 1.82) is 0 Å². The van der Waals surface area contributed by atoms with Gasteiger partial charge >= 0.3 is 0 Å². The minimum Gasteiger partial charge on any atom is -0.505 e. The predicted molar refractivity (Wildman–Crippen MR) is 146 cm³/mol. The zero-order valence-corrected chi connectivity index (χ0v) is 22.4. The van der Waals surface area contributed by atoms with E-state index in [4.69, 9.17) is 27.9 Å². The number of phenols is 1. The standard InChI is InChI=1S/C26H21Cl2N3O6S/c1-3-16-21(11-9-19(27)25(16)38(34,35)36)30-31-23-17-7-5-4-6-14(17)12-18(24(23)32)26(33)29-22-10-8-15(37-2)13-20(22)28/h4-13,32H,3H2,1-2H3,(H,29,33)(H,34,35,36). The number of hydrogen-bond donors (Lipinski definition) is 3. The van der Waals surface area contributed by atoms with E-state index in [-0.39, 0.29) is 39.0 Å². The number of phenolic OH excluding ortho intramolecular Hbond substituents is 1. The first kappa shape index (κ1) is 27.3. The Hall–Kier alpha value is -3.70. The third-order valence-corrected chi connectivity index (χ3v) is 7.44. The van der Waals surface area contributed by atoms with E-state index >= 15 is 0 Å². The monoisotopic (exact) mass is 573 g/mol. The van der Waals surface area contributed by atoms with Crippen molar-refractivity contribution in [2.75, 3.05) is 12.4 Å². The summed E-state index contributed by atoms with van der Waals surface area (Å²) in [6.07, 6.45) is 0.168. The quantitative estimate of drug-likeness (QED) is 0.156. The number of nitrogens with zero attached hydrogens (tertiary/aromatic N) is 2. The van der Waals surface area contributed by atoms with Crippen LogP contribution in [0.15, 0.2) is 75.8 Å². The molecule has 0 aliphatic carbocycles. The first-order valence-corrected chi connectivity index (χ1v) is 13.3. The van der Waals surface area contributed by atoms with Gasteiger partial charge in [-0.1, -0.05) is 54.4 Å². The Morgan fingerprint density at radius 3 is 2.42 bits per heavy atom. The fraction of sp³-hybridized carbons (Fsp3) is 0.115. The lowest BCUT2D eigenvalue weighted by atomic mass is 10.0. The number of halogens is 2. The molecule has 1 amide bonds. The Bertz CT molecular complexity index is 1710. The Morgan fingerprint density at radius 2 is 1.76 bits per heavy atom. The minimum absolute atomic E-state index is 0.0144. The summed E-state index contributed by atoms with van der Waals surface area (Å²) in [4.78, 5) is 12.7. The number of carbonyl (C=O) groups is 1. The number of anilines is 1. The molecule has 0 aliphatic rings. The van der Waals surface area contributed by atoms with Gasteiger partial charge in [0.2, 0.25) is 0 Å². The summed E-state index contributed by atoms with van der Waals surface area (Å²) < 4.78 is 38.6. The van der Waals surface area contributed by atoms with Gasteiger partial charge in [-0.2, -0.15) is 13.5 Å². The molecule has 0 fully saturated rings. The molecule has 0 spiro atoms. The molecule has 0 aliphatic heterocycles. The van der Waals surface area contributed by atoms with Crippen molar-refractivity contribution in [2.24, 2.45) is 10.2 Å². The van der Waals surface area contributed by atoms with Crippen molar-refractivity contribution >= 4 is 67.1 Å². The maximum absolute atomic E-state index is 13.2. The number of amides is 1. The lowest BCUT2D eigenvalue weighted by Gasteiger charge is -2.13. The number of rotatable bonds is 7. The molecule has 0 bridgehead atoms. The van der Waals surface area contributed by atoms with Crippen LogP contribution in [0.4, 0.5) is 17.1 Å². The van der Waals surface area contributed by atoms with E-state index in [1.165, 1.54) is 31.4 Å². The van der Waals surface area contributed by atoms with Crippen LogP contribution in [0.5, 0.6) is 11.5 Å². The smallest absolute Gasteiger partial charge is 0.296 e. The molecule has 38 heavy (non-hydrogen) atoms. The summed E-state index contributed by atoms with van der Waals surface area (Å²) in [6.45, 7) is 1.67. The molecule has 0 unspecified atom stereocenters. The average Bonchev–Trinajstić information content (AvgIpc) is 2.88. The molecule has 196 valence electrons. The molecule has 4 aromatic carbocycles. The van der Waals surface area contributed by atoms with E-state index in [0.717, 1.165) is 0 Å². The van der Waals surface area contributed by atoms with Gasteiger partial charge in [0.1, 0.15) is 16.3 Å². The number of hydrogen-bond acceptors (Lipinski definition) is 7. The Balaban J connectivity index is 1.82. The third kappa shape index (κ3) is 5.44. The molecule has 4 aromatic rings. The Morgan fingerprint density at radius 1 is 1.03 bits per heavy atom. The lowest BCUT2D eigenvalue weighted by molar-refractivity contribution is 0.102. The predicted octanol–water partition coefficient (Wildman–Crippen LogP) is 7.34. The van der Waals surface area contributed by atoms with Crippen molar-refractivity contribution in [3.05, 3.63) is 81.8 Å². The second-order valence-electron chi connectivity index (χ2n) is 8.05. The summed E-state index contributed by atoms with van der Waals surface area (Å²) >= 11 is 12.3. The number of carbonyl (C=O) groups excluding carboxylic acids is 1. The summed E-state index contributed by atoms with van der Waals surface area (Å²) in [5.74, 6) is -0.585. The van der Waals surface area contributed by atoms with E-state index in [0.29, 0.717) is 22.2 Å². The van der Waals surface area contributed by atoms with Crippen LogP contribution in [0.3, 0.4) is 0 Å². The molecule has 0 saturated carbocycles. The molecule has 12 heteroatoms. The molecule has 0 heterocycles.